The number of esters is 1. The number of thiophene rings is 1. The number of ether oxygens (including phenoxy) is 1. The molecule has 0 N–H and O–H groups in total. The molecule has 0 radical (unpaired) electrons. The third-order valence-corrected chi connectivity index (χ3v) is 7.25. The van der Waals surface area contributed by atoms with Crippen LogP contribution in [0.5, 0.6) is 0 Å². The minimum atomic E-state index is -3.74. The number of nitrogens with zero attached hydrogens (tertiary/aromatic N) is 2. The van der Waals surface area contributed by atoms with Crippen LogP contribution in [0.4, 0.5) is 0 Å². The number of hydrogen-bond acceptors (Lipinski definition) is 6. The Kier molecular flexibility index (Phi) is 5.07. The van der Waals surface area contributed by atoms with Crippen molar-refractivity contribution in [2.45, 2.75) is 24.6 Å². The van der Waals surface area contributed by atoms with Crippen molar-refractivity contribution in [1.82, 2.24) is 4.57 Å². The minimum absolute atomic E-state index is 0.208. The first-order valence-corrected chi connectivity index (χ1v) is 10.7. The summed E-state index contributed by atoms with van der Waals surface area (Å²) in [4.78, 5) is 12.3. The monoisotopic (exact) mass is 396 g/mol. The molecule has 0 spiro atoms. The van der Waals surface area contributed by atoms with E-state index in [1.165, 1.54) is 17.4 Å². The summed E-state index contributed by atoms with van der Waals surface area (Å²) in [5.74, 6) is -0.398. The minimum Gasteiger partial charge on any atom is -0.462 e. The zero-order chi connectivity index (χ0) is 18.0. The van der Waals surface area contributed by atoms with Crippen molar-refractivity contribution in [2.24, 2.45) is 4.40 Å². The van der Waals surface area contributed by atoms with Crippen LogP contribution in [0, 0.1) is 0 Å². The van der Waals surface area contributed by atoms with Crippen molar-refractivity contribution in [3.63, 3.8) is 0 Å². The lowest BCUT2D eigenvalue weighted by molar-refractivity contribution is 0.0526. The van der Waals surface area contributed by atoms with Crippen LogP contribution < -0.4 is 4.80 Å². The molecule has 0 atom stereocenters. The number of aryl methyl sites for hydroxylation is 1. The molecule has 0 aliphatic carbocycles. The van der Waals surface area contributed by atoms with Crippen LogP contribution in [0.1, 0.15) is 24.2 Å². The van der Waals surface area contributed by atoms with Crippen molar-refractivity contribution in [3.8, 4) is 0 Å². The van der Waals surface area contributed by atoms with Crippen LogP contribution in [0.15, 0.2) is 44.3 Å². The molecule has 0 bridgehead atoms. The second-order valence-corrected chi connectivity index (χ2v) is 8.82. The van der Waals surface area contributed by atoms with Gasteiger partial charge in [-0.1, -0.05) is 17.4 Å². The molecule has 6 nitrogen and oxygen atoms in total. The Labute approximate surface area is 153 Å². The number of benzene rings is 1. The summed E-state index contributed by atoms with van der Waals surface area (Å²) in [5, 5.41) is 1.70. The molecule has 1 aromatic carbocycles. The van der Waals surface area contributed by atoms with E-state index in [9.17, 15) is 13.2 Å². The van der Waals surface area contributed by atoms with Crippen molar-refractivity contribution in [1.29, 1.82) is 0 Å². The number of thiazole rings is 1. The summed E-state index contributed by atoms with van der Waals surface area (Å²) in [7, 11) is -3.74. The molecule has 25 heavy (non-hydrogen) atoms. The van der Waals surface area contributed by atoms with Gasteiger partial charge >= 0.3 is 5.97 Å². The Balaban J connectivity index is 2.16. The van der Waals surface area contributed by atoms with E-state index < -0.39 is 16.0 Å². The molecular weight excluding hydrogens is 380 g/mol. The molecule has 0 saturated carbocycles. The highest BCUT2D eigenvalue weighted by molar-refractivity contribution is 7.92. The Morgan fingerprint density at radius 1 is 1.28 bits per heavy atom. The second-order valence-electron chi connectivity index (χ2n) is 5.03. The van der Waals surface area contributed by atoms with Crippen molar-refractivity contribution in [2.75, 3.05) is 6.61 Å². The van der Waals surface area contributed by atoms with E-state index in [-0.39, 0.29) is 4.21 Å². The number of hydrogen-bond donors (Lipinski definition) is 0. The van der Waals surface area contributed by atoms with E-state index in [1.54, 1.807) is 36.6 Å². The summed E-state index contributed by atoms with van der Waals surface area (Å²) < 4.78 is 36.7. The molecule has 132 valence electrons. The zero-order valence-electron chi connectivity index (χ0n) is 13.6. The molecule has 0 aliphatic heterocycles. The average Bonchev–Trinajstić information content (AvgIpc) is 3.21. The van der Waals surface area contributed by atoms with Crippen LogP contribution >= 0.6 is 22.7 Å². The molecule has 2 aromatic heterocycles. The van der Waals surface area contributed by atoms with Crippen molar-refractivity contribution < 1.29 is 17.9 Å². The van der Waals surface area contributed by atoms with Gasteiger partial charge in [0.15, 0.2) is 0 Å². The van der Waals surface area contributed by atoms with Gasteiger partial charge in [-0.25, -0.2) is 4.79 Å². The fourth-order valence-electron chi connectivity index (χ4n) is 2.35. The molecule has 0 fully saturated rings. The van der Waals surface area contributed by atoms with Gasteiger partial charge in [0.2, 0.25) is 4.80 Å². The van der Waals surface area contributed by atoms with Crippen LogP contribution in [0.25, 0.3) is 10.2 Å². The van der Waals surface area contributed by atoms with E-state index in [2.05, 4.69) is 4.40 Å². The molecule has 0 unspecified atom stereocenters. The highest BCUT2D eigenvalue weighted by Crippen LogP contribution is 2.22. The van der Waals surface area contributed by atoms with Gasteiger partial charge in [-0.2, -0.15) is 8.42 Å². The Hall–Kier alpha value is -1.97. The number of aromatic nitrogens is 1. The van der Waals surface area contributed by atoms with Crippen LogP contribution in [-0.4, -0.2) is 25.6 Å². The first kappa shape index (κ1) is 17.8. The normalized spacial score (nSPS) is 12.6. The SMILES string of the molecule is CCOC(=O)c1ccc2c(c1)s/c(=N\S(=O)(=O)c1cccs1)n2CC. The lowest BCUT2D eigenvalue weighted by Crippen LogP contribution is -2.15. The van der Waals surface area contributed by atoms with Gasteiger partial charge in [0.05, 0.1) is 22.4 Å². The number of carbonyl (C=O) groups is 1. The van der Waals surface area contributed by atoms with Crippen LogP contribution in [0.2, 0.25) is 0 Å². The maximum atomic E-state index is 12.4. The summed E-state index contributed by atoms with van der Waals surface area (Å²) in [5.41, 5.74) is 1.27. The predicted octanol–water partition coefficient (Wildman–Crippen LogP) is 3.25. The van der Waals surface area contributed by atoms with Gasteiger partial charge in [0.1, 0.15) is 4.21 Å². The van der Waals surface area contributed by atoms with Crippen LogP contribution in [0.3, 0.4) is 0 Å². The van der Waals surface area contributed by atoms with Gasteiger partial charge < -0.3 is 9.30 Å². The van der Waals surface area contributed by atoms with E-state index >= 15 is 0 Å². The average molecular weight is 397 g/mol. The van der Waals surface area contributed by atoms with Gasteiger partial charge in [-0.3, -0.25) is 0 Å². The molecule has 0 saturated heterocycles. The van der Waals surface area contributed by atoms with E-state index in [0.717, 1.165) is 21.6 Å². The first-order chi connectivity index (χ1) is 12.0. The van der Waals surface area contributed by atoms with Crippen LogP contribution in [-0.2, 0) is 21.3 Å². The molecule has 0 aliphatic rings. The summed E-state index contributed by atoms with van der Waals surface area (Å²) in [6.07, 6.45) is 0. The van der Waals surface area contributed by atoms with E-state index in [4.69, 9.17) is 4.74 Å². The Morgan fingerprint density at radius 3 is 2.72 bits per heavy atom. The third-order valence-electron chi connectivity index (χ3n) is 3.46. The fourth-order valence-corrected chi connectivity index (χ4v) is 5.65. The summed E-state index contributed by atoms with van der Waals surface area (Å²) in [6.45, 7) is 4.54. The molecular formula is C16H16N2O4S3. The van der Waals surface area contributed by atoms with E-state index in [1.807, 2.05) is 11.5 Å². The summed E-state index contributed by atoms with van der Waals surface area (Å²) >= 11 is 2.37. The van der Waals surface area contributed by atoms with Gasteiger partial charge in [-0.15, -0.1) is 15.7 Å². The zero-order valence-corrected chi connectivity index (χ0v) is 16.1. The van der Waals surface area contributed by atoms with Gasteiger partial charge in [0.25, 0.3) is 10.0 Å². The summed E-state index contributed by atoms with van der Waals surface area (Å²) in [6, 6.07) is 8.39. The molecule has 2 heterocycles. The maximum Gasteiger partial charge on any atom is 0.338 e. The Morgan fingerprint density at radius 2 is 2.08 bits per heavy atom. The van der Waals surface area contributed by atoms with E-state index in [0.29, 0.717) is 23.5 Å². The smallest absolute Gasteiger partial charge is 0.338 e. The second kappa shape index (κ2) is 7.11. The van der Waals surface area contributed by atoms with Gasteiger partial charge in [-0.05, 0) is 43.5 Å². The maximum absolute atomic E-state index is 12.4. The molecule has 0 amide bonds. The lowest BCUT2D eigenvalue weighted by Gasteiger charge is -2.03. The highest BCUT2D eigenvalue weighted by Gasteiger charge is 2.16. The topological polar surface area (TPSA) is 77.7 Å². The third kappa shape index (κ3) is 3.53. The largest absolute Gasteiger partial charge is 0.462 e. The highest BCUT2D eigenvalue weighted by atomic mass is 32.2. The Bertz CT molecular complexity index is 1080. The fraction of sp³-hybridized carbons (Fsp3) is 0.250. The van der Waals surface area contributed by atoms with Gasteiger partial charge in [0, 0.05) is 6.54 Å². The predicted molar refractivity (Wildman–Crippen MR) is 98.5 cm³/mol. The number of rotatable bonds is 5. The van der Waals surface area contributed by atoms with Crippen molar-refractivity contribution in [3.05, 3.63) is 46.1 Å². The molecule has 3 aromatic rings. The quantitative estimate of drug-likeness (QED) is 0.620. The van der Waals surface area contributed by atoms with Crippen molar-refractivity contribution >= 4 is 48.9 Å². The first-order valence-electron chi connectivity index (χ1n) is 7.61. The lowest BCUT2D eigenvalue weighted by atomic mass is 10.2. The molecule has 9 heteroatoms. The molecule has 3 rings (SSSR count). The number of carbonyl (C=O) groups excluding carboxylic acids is 1. The number of sulfonamides is 1. The standard InChI is InChI=1S/C16H16N2O4S3/c1-3-18-12-8-7-11(15(19)22-4-2)10-13(12)24-16(18)17-25(20,21)14-6-5-9-23-14/h5-10H,3-4H2,1-2H3/b17-16-. The number of fused-ring (bicyclic) bond motifs is 1.